The summed E-state index contributed by atoms with van der Waals surface area (Å²) in [6.07, 6.45) is 7.59. The van der Waals surface area contributed by atoms with Gasteiger partial charge in [-0.3, -0.25) is 19.8 Å². The maximum atomic E-state index is 13.0. The Morgan fingerprint density at radius 3 is 2.44 bits per heavy atom. The van der Waals surface area contributed by atoms with Crippen LogP contribution in [-0.2, 0) is 9.59 Å². The van der Waals surface area contributed by atoms with E-state index in [1.807, 2.05) is 30.3 Å². The molecule has 0 spiro atoms. The first-order valence-corrected chi connectivity index (χ1v) is 11.0. The third-order valence-electron chi connectivity index (χ3n) is 4.88. The number of anilines is 1. The number of unbranched alkanes of at least 4 members (excludes halogenated alkanes) is 2. The van der Waals surface area contributed by atoms with Crippen LogP contribution >= 0.6 is 12.2 Å². The van der Waals surface area contributed by atoms with Gasteiger partial charge in [-0.25, -0.2) is 0 Å². The number of nitrogens with one attached hydrogen (secondary N) is 1. The largest absolute Gasteiger partial charge is 0.457 e. The number of aliphatic hydroxyl groups is 1. The van der Waals surface area contributed by atoms with Crippen molar-refractivity contribution in [3.8, 4) is 11.5 Å². The number of aliphatic hydroxyl groups excluding tert-OH is 1. The summed E-state index contributed by atoms with van der Waals surface area (Å²) < 4.78 is 5.77. The summed E-state index contributed by atoms with van der Waals surface area (Å²) in [5, 5.41) is 12.6. The van der Waals surface area contributed by atoms with E-state index in [2.05, 4.69) is 12.2 Å². The minimum atomic E-state index is -0.616. The smallest absolute Gasteiger partial charge is 0.270 e. The Balaban J connectivity index is 1.71. The predicted octanol–water partition coefficient (Wildman–Crippen LogP) is 4.65. The molecule has 2 amide bonds. The molecule has 1 aliphatic rings. The van der Waals surface area contributed by atoms with Gasteiger partial charge in [-0.05, 0) is 61.1 Å². The van der Waals surface area contributed by atoms with Crippen LogP contribution in [0, 0.1) is 0 Å². The van der Waals surface area contributed by atoms with Crippen molar-refractivity contribution < 1.29 is 19.4 Å². The lowest BCUT2D eigenvalue weighted by Gasteiger charge is -2.28. The van der Waals surface area contributed by atoms with Crippen LogP contribution < -0.4 is 15.0 Å². The van der Waals surface area contributed by atoms with Crippen LogP contribution in [0.15, 0.2) is 78.4 Å². The molecule has 2 N–H and O–H groups in total. The Labute approximate surface area is 193 Å². The summed E-state index contributed by atoms with van der Waals surface area (Å²) in [6.45, 7) is 2.10. The van der Waals surface area contributed by atoms with Gasteiger partial charge < -0.3 is 9.84 Å². The molecule has 1 atom stereocenters. The minimum Gasteiger partial charge on any atom is -0.457 e. The lowest BCUT2D eigenvalue weighted by atomic mass is 10.1. The molecule has 7 heteroatoms. The second-order valence-corrected chi connectivity index (χ2v) is 7.72. The Bertz CT molecular complexity index is 1020. The molecular weight excluding hydrogens is 424 g/mol. The summed E-state index contributed by atoms with van der Waals surface area (Å²) in [5.41, 5.74) is 0.454. The van der Waals surface area contributed by atoms with Crippen LogP contribution in [0.4, 0.5) is 5.69 Å². The van der Waals surface area contributed by atoms with Gasteiger partial charge in [0.15, 0.2) is 5.11 Å². The van der Waals surface area contributed by atoms with Crippen molar-refractivity contribution in [1.82, 2.24) is 5.32 Å². The Kier molecular flexibility index (Phi) is 8.30. The topological polar surface area (TPSA) is 78.9 Å². The molecule has 1 unspecified atom stereocenters. The van der Waals surface area contributed by atoms with E-state index < -0.39 is 17.9 Å². The maximum absolute atomic E-state index is 13.0. The van der Waals surface area contributed by atoms with Gasteiger partial charge in [-0.1, -0.05) is 56.5 Å². The number of para-hydroxylation sites is 1. The maximum Gasteiger partial charge on any atom is 0.270 e. The Morgan fingerprint density at radius 1 is 1.06 bits per heavy atom. The molecule has 6 nitrogen and oxygen atoms in total. The molecule has 0 radical (unpaired) electrons. The van der Waals surface area contributed by atoms with Gasteiger partial charge in [0.25, 0.3) is 11.8 Å². The van der Waals surface area contributed by atoms with E-state index in [0.29, 0.717) is 23.6 Å². The molecule has 0 aromatic heterocycles. The molecule has 2 aromatic carbocycles. The van der Waals surface area contributed by atoms with Crippen molar-refractivity contribution in [3.63, 3.8) is 0 Å². The van der Waals surface area contributed by atoms with Crippen LogP contribution in [0.1, 0.15) is 32.6 Å². The zero-order valence-corrected chi connectivity index (χ0v) is 18.7. The van der Waals surface area contributed by atoms with Crippen LogP contribution in [0.25, 0.3) is 0 Å². The number of allylic oxidation sites excluding steroid dienone is 2. The number of carbonyl (C=O) groups is 2. The van der Waals surface area contributed by atoms with Crippen LogP contribution in [0.2, 0.25) is 0 Å². The number of rotatable bonds is 9. The van der Waals surface area contributed by atoms with E-state index >= 15 is 0 Å². The SMILES string of the molecule is CCCCCC(O)/C=C/C=C1\C(=O)NC(=S)N(c2ccc(Oc3ccccc3)cc2)C1=O. The number of ether oxygens (including phenoxy) is 1. The van der Waals surface area contributed by atoms with Crippen molar-refractivity contribution in [1.29, 1.82) is 0 Å². The van der Waals surface area contributed by atoms with Crippen LogP contribution in [0.3, 0.4) is 0 Å². The van der Waals surface area contributed by atoms with E-state index in [1.165, 1.54) is 17.1 Å². The van der Waals surface area contributed by atoms with Gasteiger partial charge in [-0.2, -0.15) is 0 Å². The molecule has 1 saturated heterocycles. The van der Waals surface area contributed by atoms with E-state index in [1.54, 1.807) is 30.3 Å². The van der Waals surface area contributed by atoms with Gasteiger partial charge >= 0.3 is 0 Å². The number of carbonyl (C=O) groups excluding carboxylic acids is 2. The predicted molar refractivity (Wildman–Crippen MR) is 129 cm³/mol. The average Bonchev–Trinajstić information content (AvgIpc) is 2.78. The summed E-state index contributed by atoms with van der Waals surface area (Å²) in [5.74, 6) is 0.215. The standard InChI is InChI=1S/C25H26N2O4S/c1-2-3-5-9-19(28)10-8-13-22-23(29)26-25(32)27(24(22)30)18-14-16-21(17-15-18)31-20-11-6-4-7-12-20/h4,6-8,10-17,19,28H,2-3,5,9H2,1H3,(H,26,29,32)/b10-8+,22-13+. The number of benzene rings is 2. The summed E-state index contributed by atoms with van der Waals surface area (Å²) in [7, 11) is 0. The molecule has 32 heavy (non-hydrogen) atoms. The number of hydrogen-bond donors (Lipinski definition) is 2. The van der Waals surface area contributed by atoms with Gasteiger partial charge in [0.2, 0.25) is 0 Å². The van der Waals surface area contributed by atoms with Crippen molar-refractivity contribution in [2.24, 2.45) is 0 Å². The third kappa shape index (κ3) is 6.12. The lowest BCUT2D eigenvalue weighted by molar-refractivity contribution is -0.122. The number of hydrogen-bond acceptors (Lipinski definition) is 5. The highest BCUT2D eigenvalue weighted by molar-refractivity contribution is 7.80. The average molecular weight is 451 g/mol. The summed E-state index contributed by atoms with van der Waals surface area (Å²) in [4.78, 5) is 26.6. The van der Waals surface area contributed by atoms with E-state index in [-0.39, 0.29) is 10.7 Å². The molecule has 1 fully saturated rings. The number of thiocarbonyl (C=S) groups is 1. The van der Waals surface area contributed by atoms with Gasteiger partial charge in [-0.15, -0.1) is 0 Å². The van der Waals surface area contributed by atoms with Crippen molar-refractivity contribution in [2.75, 3.05) is 4.90 Å². The molecule has 0 saturated carbocycles. The molecule has 3 rings (SSSR count). The first-order chi connectivity index (χ1) is 15.5. The van der Waals surface area contributed by atoms with Gasteiger partial charge in [0.1, 0.15) is 17.1 Å². The molecule has 0 bridgehead atoms. The second kappa shape index (κ2) is 11.4. The fourth-order valence-corrected chi connectivity index (χ4v) is 3.46. The zero-order chi connectivity index (χ0) is 22.9. The Hall–Kier alpha value is -3.29. The summed E-state index contributed by atoms with van der Waals surface area (Å²) >= 11 is 5.22. The van der Waals surface area contributed by atoms with Gasteiger partial charge in [0, 0.05) is 0 Å². The van der Waals surface area contributed by atoms with Gasteiger partial charge in [0.05, 0.1) is 11.8 Å². The highest BCUT2D eigenvalue weighted by atomic mass is 32.1. The van der Waals surface area contributed by atoms with Crippen molar-refractivity contribution in [2.45, 2.75) is 38.7 Å². The van der Waals surface area contributed by atoms with Crippen molar-refractivity contribution in [3.05, 3.63) is 78.4 Å². The van der Waals surface area contributed by atoms with Crippen LogP contribution in [-0.4, -0.2) is 28.1 Å². The zero-order valence-electron chi connectivity index (χ0n) is 17.9. The lowest BCUT2D eigenvalue weighted by Crippen LogP contribution is -2.54. The molecule has 2 aromatic rings. The fraction of sp³-hybridized carbons (Fsp3) is 0.240. The highest BCUT2D eigenvalue weighted by Crippen LogP contribution is 2.26. The molecule has 0 aliphatic carbocycles. The monoisotopic (exact) mass is 450 g/mol. The Morgan fingerprint density at radius 2 is 1.75 bits per heavy atom. The minimum absolute atomic E-state index is 0.0115. The molecule has 1 heterocycles. The van der Waals surface area contributed by atoms with Crippen LogP contribution in [0.5, 0.6) is 11.5 Å². The molecular formula is C25H26N2O4S. The third-order valence-corrected chi connectivity index (χ3v) is 5.16. The quantitative estimate of drug-likeness (QED) is 0.252. The molecule has 166 valence electrons. The van der Waals surface area contributed by atoms with E-state index in [4.69, 9.17) is 17.0 Å². The van der Waals surface area contributed by atoms with Crippen molar-refractivity contribution >= 4 is 34.8 Å². The normalized spacial score (nSPS) is 16.5. The first kappa shape index (κ1) is 23.4. The molecule has 1 aliphatic heterocycles. The highest BCUT2D eigenvalue weighted by Gasteiger charge is 2.34. The second-order valence-electron chi connectivity index (χ2n) is 7.34. The first-order valence-electron chi connectivity index (χ1n) is 10.6. The number of nitrogens with zero attached hydrogens (tertiary/aromatic N) is 1. The summed E-state index contributed by atoms with van der Waals surface area (Å²) in [6, 6.07) is 16.2. The van der Waals surface area contributed by atoms with E-state index in [9.17, 15) is 14.7 Å². The fourth-order valence-electron chi connectivity index (χ4n) is 3.18. The van der Waals surface area contributed by atoms with E-state index in [0.717, 1.165) is 19.3 Å². The number of amides is 2.